The Hall–Kier alpha value is -0.810. The molecule has 0 aromatic heterocycles. The monoisotopic (exact) mass is 314 g/mol. The first-order valence-electron chi connectivity index (χ1n) is 7.37. The number of likely N-dealkylation sites (N-methyl/N-ethyl adjacent to an activating group) is 1. The third kappa shape index (κ3) is 5.83. The highest BCUT2D eigenvalue weighted by Crippen LogP contribution is 2.26. The zero-order valence-electron chi connectivity index (χ0n) is 13.5. The van der Waals surface area contributed by atoms with Crippen molar-refractivity contribution in [1.29, 1.82) is 0 Å². The molecule has 1 unspecified atom stereocenters. The second kappa shape index (κ2) is 10.0. The Labute approximate surface area is 133 Å². The molecule has 120 valence electrons. The molecule has 1 atom stereocenters. The lowest BCUT2D eigenvalue weighted by Gasteiger charge is -2.32. The summed E-state index contributed by atoms with van der Waals surface area (Å²) in [6.07, 6.45) is 0. The minimum Gasteiger partial charge on any atom is -0.383 e. The van der Waals surface area contributed by atoms with E-state index in [1.807, 2.05) is 12.1 Å². The maximum Gasteiger partial charge on any atom is 0.0663 e. The van der Waals surface area contributed by atoms with Gasteiger partial charge in [-0.3, -0.25) is 0 Å². The fourth-order valence-corrected chi connectivity index (χ4v) is 2.57. The van der Waals surface area contributed by atoms with Gasteiger partial charge in [-0.1, -0.05) is 17.7 Å². The molecular formula is C16H27ClN2O2. The standard InChI is InChI=1S/C16H27ClN2O2/c1-5-19(13(2)12-21-4)16-10-15(17)7-6-14(16)11-18-8-9-20-3/h6-7,10,13,18H,5,8-9,11-12H2,1-4H3. The van der Waals surface area contributed by atoms with E-state index in [2.05, 4.69) is 30.1 Å². The van der Waals surface area contributed by atoms with E-state index >= 15 is 0 Å². The Morgan fingerprint density at radius 3 is 2.67 bits per heavy atom. The predicted molar refractivity (Wildman–Crippen MR) is 89.4 cm³/mol. The van der Waals surface area contributed by atoms with Gasteiger partial charge < -0.3 is 19.7 Å². The van der Waals surface area contributed by atoms with E-state index in [9.17, 15) is 0 Å². The lowest BCUT2D eigenvalue weighted by molar-refractivity contribution is 0.182. The molecule has 0 bridgehead atoms. The highest BCUT2D eigenvalue weighted by molar-refractivity contribution is 6.30. The van der Waals surface area contributed by atoms with E-state index in [0.717, 1.165) is 24.7 Å². The van der Waals surface area contributed by atoms with Crippen molar-refractivity contribution in [3.63, 3.8) is 0 Å². The molecule has 1 N–H and O–H groups in total. The lowest BCUT2D eigenvalue weighted by Crippen LogP contribution is -2.37. The largest absolute Gasteiger partial charge is 0.383 e. The molecule has 1 aromatic rings. The summed E-state index contributed by atoms with van der Waals surface area (Å²) in [6.45, 7) is 8.25. The fourth-order valence-electron chi connectivity index (χ4n) is 2.40. The van der Waals surface area contributed by atoms with Gasteiger partial charge in [0.15, 0.2) is 0 Å². The molecule has 0 heterocycles. The summed E-state index contributed by atoms with van der Waals surface area (Å²) in [5, 5.41) is 4.14. The Morgan fingerprint density at radius 2 is 2.05 bits per heavy atom. The molecule has 1 aromatic carbocycles. The van der Waals surface area contributed by atoms with Crippen LogP contribution in [0.1, 0.15) is 19.4 Å². The van der Waals surface area contributed by atoms with Gasteiger partial charge in [0.1, 0.15) is 0 Å². The number of halogens is 1. The zero-order chi connectivity index (χ0) is 15.7. The average Bonchev–Trinajstić information content (AvgIpc) is 2.46. The van der Waals surface area contributed by atoms with E-state index in [4.69, 9.17) is 21.1 Å². The molecule has 0 fully saturated rings. The summed E-state index contributed by atoms with van der Waals surface area (Å²) in [7, 11) is 3.44. The molecule has 4 nitrogen and oxygen atoms in total. The van der Waals surface area contributed by atoms with Crippen molar-refractivity contribution in [1.82, 2.24) is 5.32 Å². The Bertz CT molecular complexity index is 415. The molecule has 0 saturated heterocycles. The van der Waals surface area contributed by atoms with E-state index in [1.165, 1.54) is 11.3 Å². The van der Waals surface area contributed by atoms with Crippen LogP contribution in [0.25, 0.3) is 0 Å². The quantitative estimate of drug-likeness (QED) is 0.673. The van der Waals surface area contributed by atoms with Crippen LogP contribution in [0.15, 0.2) is 18.2 Å². The summed E-state index contributed by atoms with van der Waals surface area (Å²) in [5.74, 6) is 0. The summed E-state index contributed by atoms with van der Waals surface area (Å²) < 4.78 is 10.3. The molecule has 5 heteroatoms. The molecule has 1 rings (SSSR count). The molecule has 0 aliphatic carbocycles. The lowest BCUT2D eigenvalue weighted by atomic mass is 10.1. The third-order valence-electron chi connectivity index (χ3n) is 3.44. The molecule has 21 heavy (non-hydrogen) atoms. The van der Waals surface area contributed by atoms with Gasteiger partial charge in [0.05, 0.1) is 13.2 Å². The van der Waals surface area contributed by atoms with Crippen molar-refractivity contribution in [2.24, 2.45) is 0 Å². The molecule has 0 spiro atoms. The van der Waals surface area contributed by atoms with E-state index in [1.54, 1.807) is 14.2 Å². The SMILES string of the molecule is CCN(c1cc(Cl)ccc1CNCCOC)C(C)COC. The van der Waals surface area contributed by atoms with Crippen molar-refractivity contribution in [3.8, 4) is 0 Å². The highest BCUT2D eigenvalue weighted by atomic mass is 35.5. The van der Waals surface area contributed by atoms with Gasteiger partial charge in [-0.15, -0.1) is 0 Å². The topological polar surface area (TPSA) is 33.7 Å². The first kappa shape index (κ1) is 18.2. The number of methoxy groups -OCH3 is 2. The molecule has 0 radical (unpaired) electrons. The van der Waals surface area contributed by atoms with Crippen LogP contribution in [0, 0.1) is 0 Å². The van der Waals surface area contributed by atoms with Crippen LogP contribution in [0.4, 0.5) is 5.69 Å². The second-order valence-electron chi connectivity index (χ2n) is 5.03. The normalized spacial score (nSPS) is 12.4. The average molecular weight is 315 g/mol. The van der Waals surface area contributed by atoms with Crippen LogP contribution in [0.3, 0.4) is 0 Å². The van der Waals surface area contributed by atoms with Crippen LogP contribution in [0.2, 0.25) is 5.02 Å². The number of anilines is 1. The van der Waals surface area contributed by atoms with Crippen LogP contribution in [-0.2, 0) is 16.0 Å². The van der Waals surface area contributed by atoms with E-state index < -0.39 is 0 Å². The zero-order valence-corrected chi connectivity index (χ0v) is 14.2. The summed E-state index contributed by atoms with van der Waals surface area (Å²) >= 11 is 6.19. The van der Waals surface area contributed by atoms with Gasteiger partial charge in [-0.05, 0) is 31.5 Å². The van der Waals surface area contributed by atoms with Crippen molar-refractivity contribution in [3.05, 3.63) is 28.8 Å². The molecule has 0 aliphatic heterocycles. The molecule has 0 aliphatic rings. The van der Waals surface area contributed by atoms with Crippen LogP contribution >= 0.6 is 11.6 Å². The number of hydrogen-bond donors (Lipinski definition) is 1. The number of nitrogens with zero attached hydrogens (tertiary/aromatic N) is 1. The summed E-state index contributed by atoms with van der Waals surface area (Å²) in [4.78, 5) is 2.32. The number of ether oxygens (including phenoxy) is 2. The van der Waals surface area contributed by atoms with Crippen LogP contribution in [0.5, 0.6) is 0 Å². The minimum atomic E-state index is 0.302. The van der Waals surface area contributed by atoms with Gasteiger partial charge in [-0.25, -0.2) is 0 Å². The first-order chi connectivity index (χ1) is 10.1. The van der Waals surface area contributed by atoms with Crippen molar-refractivity contribution >= 4 is 17.3 Å². The van der Waals surface area contributed by atoms with Gasteiger partial charge in [-0.2, -0.15) is 0 Å². The van der Waals surface area contributed by atoms with Gasteiger partial charge in [0.2, 0.25) is 0 Å². The Kier molecular flexibility index (Phi) is 8.69. The van der Waals surface area contributed by atoms with Gasteiger partial charge in [0, 0.05) is 50.6 Å². The smallest absolute Gasteiger partial charge is 0.0663 e. The summed E-state index contributed by atoms with van der Waals surface area (Å²) in [5.41, 5.74) is 2.40. The number of hydrogen-bond acceptors (Lipinski definition) is 4. The van der Waals surface area contributed by atoms with Crippen LogP contribution in [-0.4, -0.2) is 46.6 Å². The maximum absolute atomic E-state index is 6.19. The third-order valence-corrected chi connectivity index (χ3v) is 3.67. The second-order valence-corrected chi connectivity index (χ2v) is 5.47. The van der Waals surface area contributed by atoms with Crippen molar-refractivity contribution < 1.29 is 9.47 Å². The van der Waals surface area contributed by atoms with Gasteiger partial charge in [0.25, 0.3) is 0 Å². The predicted octanol–water partition coefficient (Wildman–Crippen LogP) is 2.94. The molecule has 0 saturated carbocycles. The summed E-state index contributed by atoms with van der Waals surface area (Å²) in [6, 6.07) is 6.36. The Balaban J connectivity index is 2.88. The van der Waals surface area contributed by atoms with Crippen LogP contribution < -0.4 is 10.2 Å². The van der Waals surface area contributed by atoms with Crippen molar-refractivity contribution in [2.45, 2.75) is 26.4 Å². The van der Waals surface area contributed by atoms with Crippen molar-refractivity contribution in [2.75, 3.05) is 45.4 Å². The first-order valence-corrected chi connectivity index (χ1v) is 7.75. The molecular weight excluding hydrogens is 288 g/mol. The highest BCUT2D eigenvalue weighted by Gasteiger charge is 2.16. The Morgan fingerprint density at radius 1 is 1.29 bits per heavy atom. The number of nitrogens with one attached hydrogen (secondary N) is 1. The maximum atomic E-state index is 6.19. The number of rotatable bonds is 10. The fraction of sp³-hybridized carbons (Fsp3) is 0.625. The van der Waals surface area contributed by atoms with E-state index in [0.29, 0.717) is 19.3 Å². The van der Waals surface area contributed by atoms with E-state index in [-0.39, 0.29) is 0 Å². The van der Waals surface area contributed by atoms with Gasteiger partial charge >= 0.3 is 0 Å². The number of benzene rings is 1. The minimum absolute atomic E-state index is 0.302. The molecule has 0 amide bonds.